The van der Waals surface area contributed by atoms with Gasteiger partial charge in [-0.1, -0.05) is 25.7 Å². The summed E-state index contributed by atoms with van der Waals surface area (Å²) in [4.78, 5) is 2.44. The Kier molecular flexibility index (Phi) is 6.11. The largest absolute Gasteiger partial charge is 0.380 e. The van der Waals surface area contributed by atoms with Gasteiger partial charge in [-0.2, -0.15) is 0 Å². The maximum absolute atomic E-state index is 6.10. The third-order valence-corrected chi connectivity index (χ3v) is 4.87. The smallest absolute Gasteiger partial charge is 0.0593 e. The normalized spacial score (nSPS) is 23.5. The van der Waals surface area contributed by atoms with Gasteiger partial charge in [0.1, 0.15) is 0 Å². The van der Waals surface area contributed by atoms with Gasteiger partial charge in [-0.05, 0) is 50.6 Å². The molecule has 19 heavy (non-hydrogen) atoms. The van der Waals surface area contributed by atoms with Crippen LogP contribution in [0, 0.1) is 11.3 Å². The molecular weight excluding hydrogens is 236 g/mol. The Hall–Kier alpha value is -0.120. The van der Waals surface area contributed by atoms with Crippen LogP contribution in [0.5, 0.6) is 0 Å². The van der Waals surface area contributed by atoms with Crippen LogP contribution in [0.4, 0.5) is 0 Å². The van der Waals surface area contributed by atoms with Crippen molar-refractivity contribution in [2.75, 3.05) is 39.9 Å². The third kappa shape index (κ3) is 5.41. The minimum absolute atomic E-state index is 0.377. The van der Waals surface area contributed by atoms with E-state index in [2.05, 4.69) is 11.9 Å². The van der Waals surface area contributed by atoms with Crippen molar-refractivity contribution in [2.24, 2.45) is 17.1 Å². The van der Waals surface area contributed by atoms with Crippen LogP contribution in [0.15, 0.2) is 0 Å². The molecule has 0 saturated heterocycles. The summed E-state index contributed by atoms with van der Waals surface area (Å²) in [5, 5.41) is 0. The zero-order valence-electron chi connectivity index (χ0n) is 12.7. The average Bonchev–Trinajstić information content (AvgIpc) is 3.22. The SMILES string of the molecule is CN(CCOCC1CC1)CC1(CN)CCCCCC1. The van der Waals surface area contributed by atoms with Crippen molar-refractivity contribution in [3.63, 3.8) is 0 Å². The van der Waals surface area contributed by atoms with E-state index < -0.39 is 0 Å². The summed E-state index contributed by atoms with van der Waals surface area (Å²) >= 11 is 0. The van der Waals surface area contributed by atoms with Crippen LogP contribution >= 0.6 is 0 Å². The molecule has 0 heterocycles. The van der Waals surface area contributed by atoms with Gasteiger partial charge in [0, 0.05) is 19.7 Å². The molecule has 3 nitrogen and oxygen atoms in total. The van der Waals surface area contributed by atoms with E-state index >= 15 is 0 Å². The number of hydrogen-bond donors (Lipinski definition) is 1. The first-order chi connectivity index (χ1) is 9.24. The molecular formula is C16H32N2O. The van der Waals surface area contributed by atoms with E-state index in [4.69, 9.17) is 10.5 Å². The van der Waals surface area contributed by atoms with Gasteiger partial charge in [0.15, 0.2) is 0 Å². The van der Waals surface area contributed by atoms with Gasteiger partial charge < -0.3 is 15.4 Å². The van der Waals surface area contributed by atoms with Gasteiger partial charge >= 0.3 is 0 Å². The van der Waals surface area contributed by atoms with Gasteiger partial charge in [0.2, 0.25) is 0 Å². The van der Waals surface area contributed by atoms with Crippen LogP contribution in [0.25, 0.3) is 0 Å². The monoisotopic (exact) mass is 268 g/mol. The van der Waals surface area contributed by atoms with Crippen molar-refractivity contribution >= 4 is 0 Å². The lowest BCUT2D eigenvalue weighted by atomic mass is 9.80. The number of likely N-dealkylation sites (N-methyl/N-ethyl adjacent to an activating group) is 1. The Labute approximate surface area is 118 Å². The average molecular weight is 268 g/mol. The van der Waals surface area contributed by atoms with Crippen LogP contribution in [0.2, 0.25) is 0 Å². The second kappa shape index (κ2) is 7.61. The Bertz CT molecular complexity index is 245. The highest BCUT2D eigenvalue weighted by Crippen LogP contribution is 2.34. The van der Waals surface area contributed by atoms with Gasteiger partial charge in [0.25, 0.3) is 0 Å². The Morgan fingerprint density at radius 1 is 1.16 bits per heavy atom. The molecule has 2 aliphatic rings. The Balaban J connectivity index is 1.66. The summed E-state index contributed by atoms with van der Waals surface area (Å²) in [5.74, 6) is 0.877. The van der Waals surface area contributed by atoms with E-state index in [-0.39, 0.29) is 0 Å². The Morgan fingerprint density at radius 2 is 1.84 bits per heavy atom. The molecule has 0 bridgehead atoms. The van der Waals surface area contributed by atoms with Gasteiger partial charge in [0.05, 0.1) is 6.61 Å². The molecule has 0 radical (unpaired) electrons. The number of rotatable bonds is 8. The maximum atomic E-state index is 6.10. The topological polar surface area (TPSA) is 38.5 Å². The number of nitrogens with zero attached hydrogens (tertiary/aromatic N) is 1. The molecule has 0 amide bonds. The molecule has 0 atom stereocenters. The van der Waals surface area contributed by atoms with Crippen LogP contribution < -0.4 is 5.73 Å². The minimum atomic E-state index is 0.377. The van der Waals surface area contributed by atoms with Crippen molar-refractivity contribution in [1.82, 2.24) is 4.90 Å². The van der Waals surface area contributed by atoms with E-state index in [1.807, 2.05) is 0 Å². The molecule has 2 N–H and O–H groups in total. The molecule has 0 spiro atoms. The fourth-order valence-electron chi connectivity index (χ4n) is 3.31. The first kappa shape index (κ1) is 15.3. The quantitative estimate of drug-likeness (QED) is 0.543. The summed E-state index contributed by atoms with van der Waals surface area (Å²) in [5.41, 5.74) is 6.48. The highest BCUT2D eigenvalue weighted by atomic mass is 16.5. The summed E-state index contributed by atoms with van der Waals surface area (Å²) in [6, 6.07) is 0. The van der Waals surface area contributed by atoms with E-state index in [9.17, 15) is 0 Å². The molecule has 0 unspecified atom stereocenters. The van der Waals surface area contributed by atoms with Crippen molar-refractivity contribution in [2.45, 2.75) is 51.4 Å². The minimum Gasteiger partial charge on any atom is -0.380 e. The molecule has 112 valence electrons. The van der Waals surface area contributed by atoms with E-state index in [1.165, 1.54) is 51.4 Å². The highest BCUT2D eigenvalue weighted by molar-refractivity contribution is 4.85. The van der Waals surface area contributed by atoms with Crippen LogP contribution in [-0.2, 0) is 4.74 Å². The zero-order valence-corrected chi connectivity index (χ0v) is 12.7. The fourth-order valence-corrected chi connectivity index (χ4v) is 3.31. The van der Waals surface area contributed by atoms with Crippen molar-refractivity contribution in [3.8, 4) is 0 Å². The lowest BCUT2D eigenvalue weighted by molar-refractivity contribution is 0.0836. The second-order valence-electron chi connectivity index (χ2n) is 6.87. The Morgan fingerprint density at radius 3 is 2.42 bits per heavy atom. The van der Waals surface area contributed by atoms with Crippen LogP contribution in [-0.4, -0.2) is 44.8 Å². The van der Waals surface area contributed by atoms with Crippen molar-refractivity contribution < 1.29 is 4.74 Å². The van der Waals surface area contributed by atoms with Crippen LogP contribution in [0.1, 0.15) is 51.4 Å². The van der Waals surface area contributed by atoms with E-state index in [0.717, 1.165) is 38.8 Å². The molecule has 0 aromatic rings. The molecule has 0 aromatic carbocycles. The number of hydrogen-bond acceptors (Lipinski definition) is 3. The lowest BCUT2D eigenvalue weighted by Crippen LogP contribution is -2.42. The maximum Gasteiger partial charge on any atom is 0.0593 e. The second-order valence-corrected chi connectivity index (χ2v) is 6.87. The first-order valence-corrected chi connectivity index (χ1v) is 8.20. The predicted octanol–water partition coefficient (Wildman–Crippen LogP) is 2.64. The molecule has 2 saturated carbocycles. The summed E-state index contributed by atoms with van der Waals surface area (Å²) < 4.78 is 5.74. The van der Waals surface area contributed by atoms with Crippen LogP contribution in [0.3, 0.4) is 0 Å². The summed E-state index contributed by atoms with van der Waals surface area (Å²) in [6.07, 6.45) is 10.9. The first-order valence-electron chi connectivity index (χ1n) is 8.20. The molecule has 2 rings (SSSR count). The number of ether oxygens (including phenoxy) is 1. The van der Waals surface area contributed by atoms with Crippen molar-refractivity contribution in [1.29, 1.82) is 0 Å². The van der Waals surface area contributed by atoms with Gasteiger partial charge in [-0.15, -0.1) is 0 Å². The summed E-state index contributed by atoms with van der Waals surface area (Å²) in [7, 11) is 2.22. The van der Waals surface area contributed by atoms with Gasteiger partial charge in [-0.3, -0.25) is 0 Å². The number of nitrogens with two attached hydrogens (primary N) is 1. The molecule has 0 aliphatic heterocycles. The van der Waals surface area contributed by atoms with E-state index in [0.29, 0.717) is 5.41 Å². The van der Waals surface area contributed by atoms with E-state index in [1.54, 1.807) is 0 Å². The zero-order chi connectivity index (χ0) is 13.6. The third-order valence-electron chi connectivity index (χ3n) is 4.87. The van der Waals surface area contributed by atoms with Gasteiger partial charge in [-0.25, -0.2) is 0 Å². The van der Waals surface area contributed by atoms with Crippen molar-refractivity contribution in [3.05, 3.63) is 0 Å². The molecule has 0 aromatic heterocycles. The molecule has 2 aliphatic carbocycles. The highest BCUT2D eigenvalue weighted by Gasteiger charge is 2.30. The molecule has 2 fully saturated rings. The fraction of sp³-hybridized carbons (Fsp3) is 1.00. The standard InChI is InChI=1S/C16H32N2O/c1-18(10-11-19-12-15-6-7-15)14-16(13-17)8-4-2-3-5-9-16/h15H,2-14,17H2,1H3. The lowest BCUT2D eigenvalue weighted by Gasteiger charge is -2.35. The predicted molar refractivity (Wildman–Crippen MR) is 80.2 cm³/mol. The summed E-state index contributed by atoms with van der Waals surface area (Å²) in [6.45, 7) is 4.91. The molecule has 3 heteroatoms.